The number of hydrogen-bond donors (Lipinski definition) is 2. The minimum atomic E-state index is -0.242. The SMILES string of the molecule is COc1cc2nccc(Oc3ccc(NC(=O)NC4CCCCC4)c(Cl)c3)c2cc1OC. The van der Waals surface area contributed by atoms with E-state index in [0.29, 0.717) is 39.2 Å². The van der Waals surface area contributed by atoms with Crippen molar-refractivity contribution in [1.82, 2.24) is 10.3 Å². The van der Waals surface area contributed by atoms with E-state index in [1.165, 1.54) is 6.42 Å². The number of pyridine rings is 1. The van der Waals surface area contributed by atoms with Crippen LogP contribution < -0.4 is 24.8 Å². The van der Waals surface area contributed by atoms with Crippen molar-refractivity contribution in [3.63, 3.8) is 0 Å². The number of anilines is 1. The summed E-state index contributed by atoms with van der Waals surface area (Å²) in [5.74, 6) is 2.31. The highest BCUT2D eigenvalue weighted by Crippen LogP contribution is 2.37. The Balaban J connectivity index is 1.50. The number of benzene rings is 2. The maximum absolute atomic E-state index is 12.3. The number of nitrogens with zero attached hydrogens (tertiary/aromatic N) is 1. The first kappa shape index (κ1) is 22.0. The molecule has 0 aliphatic heterocycles. The molecule has 0 spiro atoms. The van der Waals surface area contributed by atoms with Crippen molar-refractivity contribution in [3.05, 3.63) is 47.6 Å². The number of fused-ring (bicyclic) bond motifs is 1. The number of methoxy groups -OCH3 is 2. The van der Waals surface area contributed by atoms with Crippen LogP contribution in [0.25, 0.3) is 10.9 Å². The van der Waals surface area contributed by atoms with Gasteiger partial charge in [-0.1, -0.05) is 30.9 Å². The van der Waals surface area contributed by atoms with Crippen LogP contribution in [0.4, 0.5) is 10.5 Å². The molecule has 0 bridgehead atoms. The largest absolute Gasteiger partial charge is 0.493 e. The monoisotopic (exact) mass is 455 g/mol. The van der Waals surface area contributed by atoms with Crippen LogP contribution >= 0.6 is 11.6 Å². The van der Waals surface area contributed by atoms with E-state index >= 15 is 0 Å². The van der Waals surface area contributed by atoms with Gasteiger partial charge in [0.05, 0.1) is 30.4 Å². The van der Waals surface area contributed by atoms with E-state index in [1.54, 1.807) is 50.7 Å². The Hall–Kier alpha value is -3.19. The number of rotatable bonds is 6. The van der Waals surface area contributed by atoms with Crippen LogP contribution in [0.5, 0.6) is 23.0 Å². The van der Waals surface area contributed by atoms with Gasteiger partial charge in [0.2, 0.25) is 0 Å². The Bertz CT molecular complexity index is 1120. The van der Waals surface area contributed by atoms with Crippen molar-refractivity contribution in [2.45, 2.75) is 38.1 Å². The highest BCUT2D eigenvalue weighted by atomic mass is 35.5. The molecule has 4 rings (SSSR count). The molecule has 1 aliphatic carbocycles. The van der Waals surface area contributed by atoms with Crippen LogP contribution in [0.1, 0.15) is 32.1 Å². The zero-order valence-electron chi connectivity index (χ0n) is 18.1. The Kier molecular flexibility index (Phi) is 6.85. The molecule has 1 aromatic heterocycles. The lowest BCUT2D eigenvalue weighted by Gasteiger charge is -2.23. The molecular weight excluding hydrogens is 430 g/mol. The number of carbonyl (C=O) groups is 1. The standard InChI is InChI=1S/C24H26ClN3O4/c1-30-22-13-17-20(14-23(22)31-2)26-11-10-21(17)32-16-8-9-19(18(25)12-16)28-24(29)27-15-6-4-3-5-7-15/h8-15H,3-7H2,1-2H3,(H2,27,28,29). The number of halogens is 1. The lowest BCUT2D eigenvalue weighted by molar-refractivity contribution is 0.244. The van der Waals surface area contributed by atoms with E-state index in [0.717, 1.165) is 31.1 Å². The van der Waals surface area contributed by atoms with E-state index in [1.807, 2.05) is 6.07 Å². The van der Waals surface area contributed by atoms with Crippen molar-refractivity contribution in [1.29, 1.82) is 0 Å². The van der Waals surface area contributed by atoms with Gasteiger partial charge in [-0.05, 0) is 37.1 Å². The molecule has 2 aromatic carbocycles. The number of nitrogens with one attached hydrogen (secondary N) is 2. The third-order valence-corrected chi connectivity index (χ3v) is 5.88. The van der Waals surface area contributed by atoms with Gasteiger partial charge in [-0.3, -0.25) is 4.98 Å². The van der Waals surface area contributed by atoms with E-state index in [4.69, 9.17) is 25.8 Å². The van der Waals surface area contributed by atoms with Crippen molar-refractivity contribution in [2.75, 3.05) is 19.5 Å². The zero-order valence-corrected chi connectivity index (χ0v) is 18.9. The van der Waals surface area contributed by atoms with E-state index < -0.39 is 0 Å². The predicted molar refractivity (Wildman–Crippen MR) is 125 cm³/mol. The molecule has 2 amide bonds. The van der Waals surface area contributed by atoms with Gasteiger partial charge in [-0.15, -0.1) is 0 Å². The summed E-state index contributed by atoms with van der Waals surface area (Å²) in [7, 11) is 3.16. The maximum atomic E-state index is 12.3. The molecule has 3 aromatic rings. The topological polar surface area (TPSA) is 81.7 Å². The molecule has 1 fully saturated rings. The first-order chi connectivity index (χ1) is 15.6. The highest BCUT2D eigenvalue weighted by Gasteiger charge is 2.17. The lowest BCUT2D eigenvalue weighted by atomic mass is 9.96. The minimum Gasteiger partial charge on any atom is -0.493 e. The molecule has 32 heavy (non-hydrogen) atoms. The van der Waals surface area contributed by atoms with Crippen LogP contribution in [0.15, 0.2) is 42.6 Å². The van der Waals surface area contributed by atoms with Crippen molar-refractivity contribution in [2.24, 2.45) is 0 Å². The fourth-order valence-corrected chi connectivity index (χ4v) is 4.13. The van der Waals surface area contributed by atoms with E-state index in [9.17, 15) is 4.79 Å². The molecule has 0 unspecified atom stereocenters. The first-order valence-electron chi connectivity index (χ1n) is 10.6. The van der Waals surface area contributed by atoms with Gasteiger partial charge >= 0.3 is 6.03 Å². The number of hydrogen-bond acceptors (Lipinski definition) is 5. The summed E-state index contributed by atoms with van der Waals surface area (Å²) >= 11 is 6.42. The average molecular weight is 456 g/mol. The molecule has 0 radical (unpaired) electrons. The summed E-state index contributed by atoms with van der Waals surface area (Å²) in [6, 6.07) is 10.5. The minimum absolute atomic E-state index is 0.223. The second kappa shape index (κ2) is 9.96. The van der Waals surface area contributed by atoms with Crippen LogP contribution in [0.3, 0.4) is 0 Å². The van der Waals surface area contributed by atoms with Gasteiger partial charge in [0.1, 0.15) is 11.5 Å². The van der Waals surface area contributed by atoms with Crippen molar-refractivity contribution >= 4 is 34.2 Å². The first-order valence-corrected chi connectivity index (χ1v) is 11.0. The zero-order chi connectivity index (χ0) is 22.5. The number of aromatic nitrogens is 1. The van der Waals surface area contributed by atoms with Gasteiger partial charge in [0, 0.05) is 29.8 Å². The third kappa shape index (κ3) is 4.99. The Labute approximate surface area is 192 Å². The van der Waals surface area contributed by atoms with Crippen LogP contribution in [0, 0.1) is 0 Å². The fourth-order valence-electron chi connectivity index (χ4n) is 3.91. The predicted octanol–water partition coefficient (Wildman–Crippen LogP) is 6.15. The summed E-state index contributed by atoms with van der Waals surface area (Å²) < 4.78 is 16.8. The third-order valence-electron chi connectivity index (χ3n) is 5.56. The maximum Gasteiger partial charge on any atom is 0.319 e. The van der Waals surface area contributed by atoms with Crippen LogP contribution in [0.2, 0.25) is 5.02 Å². The molecule has 7 nitrogen and oxygen atoms in total. The fraction of sp³-hybridized carbons (Fsp3) is 0.333. The molecule has 2 N–H and O–H groups in total. The van der Waals surface area contributed by atoms with Gasteiger partial charge in [0.15, 0.2) is 11.5 Å². The van der Waals surface area contributed by atoms with E-state index in [2.05, 4.69) is 15.6 Å². The highest BCUT2D eigenvalue weighted by molar-refractivity contribution is 6.33. The summed E-state index contributed by atoms with van der Waals surface area (Å²) in [4.78, 5) is 16.7. The quantitative estimate of drug-likeness (QED) is 0.465. The van der Waals surface area contributed by atoms with Crippen LogP contribution in [-0.4, -0.2) is 31.3 Å². The molecule has 0 atom stereocenters. The number of carbonyl (C=O) groups excluding carboxylic acids is 1. The van der Waals surface area contributed by atoms with Gasteiger partial charge in [-0.2, -0.15) is 0 Å². The second-order valence-corrected chi connectivity index (χ2v) is 8.12. The Morgan fingerprint density at radius 2 is 1.75 bits per heavy atom. The molecule has 0 saturated heterocycles. The van der Waals surface area contributed by atoms with Gasteiger partial charge in [-0.25, -0.2) is 4.79 Å². The smallest absolute Gasteiger partial charge is 0.319 e. The summed E-state index contributed by atoms with van der Waals surface area (Å²) in [5, 5.41) is 7.01. The summed E-state index contributed by atoms with van der Waals surface area (Å²) in [5.41, 5.74) is 1.24. The average Bonchev–Trinajstić information content (AvgIpc) is 2.80. The summed E-state index contributed by atoms with van der Waals surface area (Å²) in [6.45, 7) is 0. The second-order valence-electron chi connectivity index (χ2n) is 7.71. The number of ether oxygens (including phenoxy) is 3. The molecular formula is C24H26ClN3O4. The van der Waals surface area contributed by atoms with Crippen LogP contribution in [-0.2, 0) is 0 Å². The summed E-state index contributed by atoms with van der Waals surface area (Å²) in [6.07, 6.45) is 7.24. The Morgan fingerprint density at radius 3 is 2.47 bits per heavy atom. The van der Waals surface area contributed by atoms with E-state index in [-0.39, 0.29) is 12.1 Å². The van der Waals surface area contributed by atoms with Crippen molar-refractivity contribution < 1.29 is 19.0 Å². The molecule has 1 heterocycles. The normalized spacial score (nSPS) is 14.1. The molecule has 1 saturated carbocycles. The molecule has 8 heteroatoms. The van der Waals surface area contributed by atoms with Gasteiger partial charge in [0.25, 0.3) is 0 Å². The van der Waals surface area contributed by atoms with Gasteiger partial charge < -0.3 is 24.8 Å². The number of urea groups is 1. The van der Waals surface area contributed by atoms with Crippen molar-refractivity contribution in [3.8, 4) is 23.0 Å². The Morgan fingerprint density at radius 1 is 1.00 bits per heavy atom. The molecule has 168 valence electrons. The lowest BCUT2D eigenvalue weighted by Crippen LogP contribution is -2.39. The number of amides is 2. The molecule has 1 aliphatic rings.